The normalized spacial score (nSPS) is 33.1. The number of aliphatic imine (C=N–C) groups is 2. The lowest BCUT2D eigenvalue weighted by atomic mass is 9.81. The SMILES string of the molecule is CC1(C)N=C(C2CCC(C3=NC(C)(C)C(=O)O3)CC2)OC1=O. The van der Waals surface area contributed by atoms with E-state index in [4.69, 9.17) is 9.47 Å². The second-order valence-electron chi connectivity index (χ2n) is 7.35. The number of ether oxygens (including phenoxy) is 2. The molecule has 0 bridgehead atoms. The summed E-state index contributed by atoms with van der Waals surface area (Å²) in [5.41, 5.74) is -1.53. The Balaban J connectivity index is 1.63. The van der Waals surface area contributed by atoms with E-state index in [1.807, 2.05) is 0 Å². The molecule has 0 aromatic rings. The van der Waals surface area contributed by atoms with Crippen molar-refractivity contribution in [2.45, 2.75) is 64.5 Å². The van der Waals surface area contributed by atoms with Crippen molar-refractivity contribution in [3.05, 3.63) is 0 Å². The highest BCUT2D eigenvalue weighted by Crippen LogP contribution is 2.36. The van der Waals surface area contributed by atoms with Gasteiger partial charge < -0.3 is 9.47 Å². The van der Waals surface area contributed by atoms with E-state index >= 15 is 0 Å². The Labute approximate surface area is 130 Å². The van der Waals surface area contributed by atoms with E-state index in [1.165, 1.54) is 0 Å². The molecule has 3 rings (SSSR count). The first-order valence-electron chi connectivity index (χ1n) is 7.83. The maximum Gasteiger partial charge on any atom is 0.340 e. The van der Waals surface area contributed by atoms with Crippen LogP contribution in [0, 0.1) is 11.8 Å². The summed E-state index contributed by atoms with van der Waals surface area (Å²) in [5, 5.41) is 0. The minimum Gasteiger partial charge on any atom is -0.410 e. The van der Waals surface area contributed by atoms with Crippen LogP contribution < -0.4 is 0 Å². The quantitative estimate of drug-likeness (QED) is 0.733. The van der Waals surface area contributed by atoms with Crippen LogP contribution in [0.5, 0.6) is 0 Å². The van der Waals surface area contributed by atoms with Crippen molar-refractivity contribution in [2.75, 3.05) is 0 Å². The third-order valence-corrected chi connectivity index (χ3v) is 4.60. The maximum atomic E-state index is 11.7. The summed E-state index contributed by atoms with van der Waals surface area (Å²) < 4.78 is 10.6. The largest absolute Gasteiger partial charge is 0.410 e. The zero-order valence-electron chi connectivity index (χ0n) is 13.5. The predicted molar refractivity (Wildman–Crippen MR) is 80.7 cm³/mol. The Bertz CT molecular complexity index is 529. The second-order valence-corrected chi connectivity index (χ2v) is 7.35. The maximum absolute atomic E-state index is 11.7. The molecule has 6 heteroatoms. The molecule has 6 nitrogen and oxygen atoms in total. The summed E-state index contributed by atoms with van der Waals surface area (Å²) in [6, 6.07) is 0. The monoisotopic (exact) mass is 306 g/mol. The molecular formula is C16H22N2O4. The van der Waals surface area contributed by atoms with Crippen LogP contribution in [0.3, 0.4) is 0 Å². The average molecular weight is 306 g/mol. The van der Waals surface area contributed by atoms with Crippen LogP contribution in [-0.2, 0) is 19.1 Å². The van der Waals surface area contributed by atoms with Crippen LogP contribution in [0.15, 0.2) is 9.98 Å². The Morgan fingerprint density at radius 3 is 1.32 bits per heavy atom. The molecule has 0 N–H and O–H groups in total. The summed E-state index contributed by atoms with van der Waals surface area (Å²) in [5.74, 6) is 0.930. The molecule has 3 aliphatic rings. The molecule has 0 aromatic carbocycles. The fourth-order valence-electron chi connectivity index (χ4n) is 3.06. The third kappa shape index (κ3) is 2.55. The smallest absolute Gasteiger partial charge is 0.340 e. The van der Waals surface area contributed by atoms with Crippen molar-refractivity contribution >= 4 is 23.7 Å². The highest BCUT2D eigenvalue weighted by molar-refractivity contribution is 6.01. The molecule has 0 unspecified atom stereocenters. The van der Waals surface area contributed by atoms with Crippen LogP contribution in [0.4, 0.5) is 0 Å². The molecule has 22 heavy (non-hydrogen) atoms. The molecule has 1 saturated carbocycles. The summed E-state index contributed by atoms with van der Waals surface area (Å²) in [4.78, 5) is 32.3. The summed E-state index contributed by atoms with van der Waals surface area (Å²) >= 11 is 0. The molecule has 0 spiro atoms. The summed E-state index contributed by atoms with van der Waals surface area (Å²) in [7, 11) is 0. The van der Waals surface area contributed by atoms with E-state index in [0.29, 0.717) is 11.8 Å². The number of esters is 2. The average Bonchev–Trinajstić information content (AvgIpc) is 2.87. The number of hydrogen-bond acceptors (Lipinski definition) is 6. The zero-order chi connectivity index (χ0) is 16.1. The van der Waals surface area contributed by atoms with E-state index in [9.17, 15) is 9.59 Å². The number of rotatable bonds is 2. The molecule has 1 fully saturated rings. The molecule has 0 saturated heterocycles. The van der Waals surface area contributed by atoms with Crippen molar-refractivity contribution in [2.24, 2.45) is 21.8 Å². The fraction of sp³-hybridized carbons (Fsp3) is 0.750. The van der Waals surface area contributed by atoms with Crippen molar-refractivity contribution in [3.63, 3.8) is 0 Å². The second kappa shape index (κ2) is 4.89. The van der Waals surface area contributed by atoms with Gasteiger partial charge in [-0.15, -0.1) is 0 Å². The van der Waals surface area contributed by atoms with Gasteiger partial charge in [0.05, 0.1) is 0 Å². The Morgan fingerprint density at radius 2 is 1.09 bits per heavy atom. The van der Waals surface area contributed by atoms with Gasteiger partial charge in [-0.1, -0.05) is 0 Å². The summed E-state index contributed by atoms with van der Waals surface area (Å²) in [6.45, 7) is 7.07. The van der Waals surface area contributed by atoms with Gasteiger partial charge in [-0.2, -0.15) is 0 Å². The van der Waals surface area contributed by atoms with Gasteiger partial charge in [0.2, 0.25) is 0 Å². The zero-order valence-corrected chi connectivity index (χ0v) is 13.5. The third-order valence-electron chi connectivity index (χ3n) is 4.60. The van der Waals surface area contributed by atoms with Gasteiger partial charge in [-0.25, -0.2) is 19.6 Å². The number of nitrogens with zero attached hydrogens (tertiary/aromatic N) is 2. The Morgan fingerprint density at radius 1 is 0.773 bits per heavy atom. The molecule has 120 valence electrons. The van der Waals surface area contributed by atoms with E-state index < -0.39 is 11.1 Å². The lowest BCUT2D eigenvalue weighted by Gasteiger charge is -2.26. The predicted octanol–water partition coefficient (Wildman–Crippen LogP) is 2.26. The molecule has 2 heterocycles. The van der Waals surface area contributed by atoms with Crippen LogP contribution in [0.1, 0.15) is 53.4 Å². The number of cyclic esters (lactones) is 2. The van der Waals surface area contributed by atoms with Crippen LogP contribution in [0.2, 0.25) is 0 Å². The van der Waals surface area contributed by atoms with Gasteiger partial charge in [0.15, 0.2) is 22.9 Å². The molecule has 0 atom stereocenters. The first kappa shape index (κ1) is 15.2. The number of hydrogen-bond donors (Lipinski definition) is 0. The van der Waals surface area contributed by atoms with E-state index in [0.717, 1.165) is 25.7 Å². The fourth-order valence-corrected chi connectivity index (χ4v) is 3.06. The highest BCUT2D eigenvalue weighted by Gasteiger charge is 2.43. The van der Waals surface area contributed by atoms with Gasteiger partial charge >= 0.3 is 11.9 Å². The van der Waals surface area contributed by atoms with E-state index in [1.54, 1.807) is 27.7 Å². The van der Waals surface area contributed by atoms with Gasteiger partial charge in [0.25, 0.3) is 0 Å². The highest BCUT2D eigenvalue weighted by atomic mass is 16.6. The lowest BCUT2D eigenvalue weighted by molar-refractivity contribution is -0.139. The molecule has 0 radical (unpaired) electrons. The van der Waals surface area contributed by atoms with Gasteiger partial charge in [-0.3, -0.25) is 0 Å². The first-order chi connectivity index (χ1) is 10.2. The van der Waals surface area contributed by atoms with Crippen molar-refractivity contribution in [1.82, 2.24) is 0 Å². The van der Waals surface area contributed by atoms with Crippen molar-refractivity contribution < 1.29 is 19.1 Å². The molecule has 0 aromatic heterocycles. The Kier molecular flexibility index (Phi) is 3.38. The summed E-state index contributed by atoms with van der Waals surface area (Å²) in [6.07, 6.45) is 3.46. The van der Waals surface area contributed by atoms with Gasteiger partial charge in [-0.05, 0) is 53.4 Å². The lowest BCUT2D eigenvalue weighted by Crippen LogP contribution is -2.28. The minimum atomic E-state index is -0.763. The number of carbonyl (C=O) groups excluding carboxylic acids is 2. The Hall–Kier alpha value is -1.72. The van der Waals surface area contributed by atoms with Crippen LogP contribution >= 0.6 is 0 Å². The molecule has 2 aliphatic heterocycles. The van der Waals surface area contributed by atoms with E-state index in [2.05, 4.69) is 9.98 Å². The first-order valence-corrected chi connectivity index (χ1v) is 7.83. The topological polar surface area (TPSA) is 77.3 Å². The van der Waals surface area contributed by atoms with Crippen LogP contribution in [0.25, 0.3) is 0 Å². The van der Waals surface area contributed by atoms with Crippen molar-refractivity contribution in [3.8, 4) is 0 Å². The van der Waals surface area contributed by atoms with Crippen molar-refractivity contribution in [1.29, 1.82) is 0 Å². The van der Waals surface area contributed by atoms with E-state index in [-0.39, 0.29) is 23.8 Å². The molecule has 0 amide bonds. The van der Waals surface area contributed by atoms with Gasteiger partial charge in [0.1, 0.15) is 0 Å². The van der Waals surface area contributed by atoms with Crippen LogP contribution in [-0.4, -0.2) is 34.8 Å². The van der Waals surface area contributed by atoms with Gasteiger partial charge in [0, 0.05) is 11.8 Å². The molecule has 1 aliphatic carbocycles. The molecular weight excluding hydrogens is 284 g/mol. The standard InChI is InChI=1S/C16H22N2O4/c1-15(2)13(19)21-11(17-15)9-5-7-10(8-6-9)12-18-16(3,4)14(20)22-12/h9-10H,5-8H2,1-4H3. The number of carbonyl (C=O) groups is 2. The minimum absolute atomic E-state index is 0.174.